The molecule has 1 aromatic rings. The maximum Gasteiger partial charge on any atom is 0.328 e. The molecule has 0 radical (unpaired) electrons. The number of methoxy groups -OCH3 is 2. The molecular weight excluding hydrogens is 282 g/mol. The number of esters is 1. The van der Waals surface area contributed by atoms with E-state index >= 15 is 0 Å². The molecule has 5 nitrogen and oxygen atoms in total. The molecule has 1 heterocycles. The second kappa shape index (κ2) is 5.99. The van der Waals surface area contributed by atoms with Gasteiger partial charge in [0, 0.05) is 6.42 Å². The minimum absolute atomic E-state index is 0.0336. The third kappa shape index (κ3) is 2.45. The Morgan fingerprint density at radius 1 is 1.23 bits per heavy atom. The van der Waals surface area contributed by atoms with E-state index in [0.29, 0.717) is 12.8 Å². The molecule has 1 saturated heterocycles. The lowest BCUT2D eigenvalue weighted by Crippen LogP contribution is -2.42. The van der Waals surface area contributed by atoms with Crippen LogP contribution in [0.25, 0.3) is 0 Å². The van der Waals surface area contributed by atoms with Gasteiger partial charge in [-0.05, 0) is 48.9 Å². The van der Waals surface area contributed by atoms with Gasteiger partial charge in [-0.3, -0.25) is 4.79 Å². The van der Waals surface area contributed by atoms with Gasteiger partial charge in [0.05, 0.1) is 20.3 Å². The van der Waals surface area contributed by atoms with Crippen molar-refractivity contribution in [2.75, 3.05) is 14.2 Å². The smallest absolute Gasteiger partial charge is 0.328 e. The zero-order valence-corrected chi connectivity index (χ0v) is 13.0. The molecule has 2 atom stereocenters. The lowest BCUT2D eigenvalue weighted by atomic mass is 9.86. The first kappa shape index (κ1) is 14.9. The zero-order valence-electron chi connectivity index (χ0n) is 13.0. The Kier molecular flexibility index (Phi) is 4.05. The summed E-state index contributed by atoms with van der Waals surface area (Å²) >= 11 is 0. The normalized spacial score (nSPS) is 24.1. The van der Waals surface area contributed by atoms with Crippen molar-refractivity contribution >= 4 is 11.9 Å². The average Bonchev–Trinajstić information content (AvgIpc) is 2.94. The lowest BCUT2D eigenvalue weighted by Gasteiger charge is -2.36. The zero-order chi connectivity index (χ0) is 15.7. The minimum atomic E-state index is -0.449. The van der Waals surface area contributed by atoms with Gasteiger partial charge >= 0.3 is 5.97 Å². The summed E-state index contributed by atoms with van der Waals surface area (Å²) in [5.74, 6) is 0.562. The largest absolute Gasteiger partial charge is 0.497 e. The molecular formula is C17H21NO4. The Hall–Kier alpha value is -2.04. The van der Waals surface area contributed by atoms with E-state index in [-0.39, 0.29) is 17.9 Å². The van der Waals surface area contributed by atoms with E-state index in [1.54, 1.807) is 12.0 Å². The molecule has 0 aromatic heterocycles. The number of carbonyl (C=O) groups excluding carboxylic acids is 2. The van der Waals surface area contributed by atoms with Crippen molar-refractivity contribution in [2.24, 2.45) is 0 Å². The van der Waals surface area contributed by atoms with Gasteiger partial charge in [0.2, 0.25) is 5.91 Å². The molecule has 2 aliphatic rings. The third-order valence-electron chi connectivity index (χ3n) is 4.70. The van der Waals surface area contributed by atoms with Crippen LogP contribution < -0.4 is 4.74 Å². The van der Waals surface area contributed by atoms with E-state index in [4.69, 9.17) is 9.47 Å². The number of rotatable bonds is 3. The van der Waals surface area contributed by atoms with Gasteiger partial charge in [-0.1, -0.05) is 6.07 Å². The first-order valence-electron chi connectivity index (χ1n) is 7.71. The van der Waals surface area contributed by atoms with Crippen LogP contribution in [0.2, 0.25) is 0 Å². The standard InChI is InChI=1S/C17H21NO4/c1-21-12-6-7-13-11(10-12)4-3-5-14(13)18-15(17(20)22-2)8-9-16(18)19/h6-7,10,14-15H,3-5,8-9H2,1-2H3. The second-order valence-electron chi connectivity index (χ2n) is 5.85. The topological polar surface area (TPSA) is 55.8 Å². The summed E-state index contributed by atoms with van der Waals surface area (Å²) < 4.78 is 10.2. The molecule has 1 fully saturated rings. The van der Waals surface area contributed by atoms with Gasteiger partial charge in [0.25, 0.3) is 0 Å². The molecule has 0 bridgehead atoms. The van der Waals surface area contributed by atoms with E-state index in [1.165, 1.54) is 12.7 Å². The first-order valence-corrected chi connectivity index (χ1v) is 7.71. The van der Waals surface area contributed by atoms with Crippen molar-refractivity contribution in [3.63, 3.8) is 0 Å². The SMILES string of the molecule is COC(=O)C1CCC(=O)N1C1CCCc2cc(OC)ccc21. The second-order valence-corrected chi connectivity index (χ2v) is 5.85. The van der Waals surface area contributed by atoms with Crippen molar-refractivity contribution in [2.45, 2.75) is 44.2 Å². The van der Waals surface area contributed by atoms with Crippen LogP contribution in [-0.4, -0.2) is 37.0 Å². The van der Waals surface area contributed by atoms with Crippen LogP contribution in [0.1, 0.15) is 42.9 Å². The Morgan fingerprint density at radius 2 is 2.05 bits per heavy atom. The number of hydrogen-bond acceptors (Lipinski definition) is 4. The molecule has 5 heteroatoms. The molecule has 22 heavy (non-hydrogen) atoms. The van der Waals surface area contributed by atoms with Crippen LogP contribution in [0.4, 0.5) is 0 Å². The van der Waals surface area contributed by atoms with Gasteiger partial charge in [-0.15, -0.1) is 0 Å². The number of hydrogen-bond donors (Lipinski definition) is 0. The lowest BCUT2D eigenvalue weighted by molar-refractivity contribution is -0.151. The van der Waals surface area contributed by atoms with Crippen LogP contribution in [0.3, 0.4) is 0 Å². The molecule has 1 aromatic carbocycles. The predicted octanol–water partition coefficient (Wildman–Crippen LogP) is 2.24. The van der Waals surface area contributed by atoms with Crippen LogP contribution in [-0.2, 0) is 20.7 Å². The molecule has 2 unspecified atom stereocenters. The van der Waals surface area contributed by atoms with Crippen molar-refractivity contribution in [1.29, 1.82) is 0 Å². The van der Waals surface area contributed by atoms with Gasteiger partial charge in [-0.2, -0.15) is 0 Å². The molecule has 3 rings (SSSR count). The number of aryl methyl sites for hydroxylation is 1. The number of ether oxygens (including phenoxy) is 2. The number of likely N-dealkylation sites (tertiary alicyclic amines) is 1. The van der Waals surface area contributed by atoms with Crippen molar-refractivity contribution in [3.8, 4) is 5.75 Å². The predicted molar refractivity (Wildman–Crippen MR) is 80.6 cm³/mol. The monoisotopic (exact) mass is 303 g/mol. The highest BCUT2D eigenvalue weighted by Gasteiger charge is 2.42. The van der Waals surface area contributed by atoms with Crippen LogP contribution in [0, 0.1) is 0 Å². The van der Waals surface area contributed by atoms with Gasteiger partial charge in [-0.25, -0.2) is 4.79 Å². The Balaban J connectivity index is 1.95. The van der Waals surface area contributed by atoms with Crippen molar-refractivity contribution < 1.29 is 19.1 Å². The van der Waals surface area contributed by atoms with E-state index in [0.717, 1.165) is 30.6 Å². The van der Waals surface area contributed by atoms with E-state index in [9.17, 15) is 9.59 Å². The van der Waals surface area contributed by atoms with E-state index < -0.39 is 6.04 Å². The molecule has 1 amide bonds. The molecule has 0 saturated carbocycles. The summed E-state index contributed by atoms with van der Waals surface area (Å²) in [6.07, 6.45) is 3.84. The quantitative estimate of drug-likeness (QED) is 0.804. The Bertz CT molecular complexity index is 598. The average molecular weight is 303 g/mol. The molecule has 1 aliphatic heterocycles. The fourth-order valence-electron chi connectivity index (χ4n) is 3.64. The molecule has 1 aliphatic carbocycles. The number of amides is 1. The first-order chi connectivity index (χ1) is 10.7. The molecule has 0 spiro atoms. The summed E-state index contributed by atoms with van der Waals surface area (Å²) in [7, 11) is 3.03. The fraction of sp³-hybridized carbons (Fsp3) is 0.529. The van der Waals surface area contributed by atoms with Gasteiger partial charge in [0.15, 0.2) is 0 Å². The van der Waals surface area contributed by atoms with Crippen LogP contribution >= 0.6 is 0 Å². The highest BCUT2D eigenvalue weighted by atomic mass is 16.5. The number of carbonyl (C=O) groups is 2. The Morgan fingerprint density at radius 3 is 2.77 bits per heavy atom. The summed E-state index contributed by atoms with van der Waals surface area (Å²) in [6, 6.07) is 5.50. The minimum Gasteiger partial charge on any atom is -0.497 e. The maximum atomic E-state index is 12.3. The number of fused-ring (bicyclic) bond motifs is 1. The Labute approximate surface area is 130 Å². The van der Waals surface area contributed by atoms with E-state index in [2.05, 4.69) is 0 Å². The van der Waals surface area contributed by atoms with Crippen LogP contribution in [0.15, 0.2) is 18.2 Å². The van der Waals surface area contributed by atoms with Gasteiger partial charge < -0.3 is 14.4 Å². The highest BCUT2D eigenvalue weighted by Crippen LogP contribution is 2.40. The molecule has 118 valence electrons. The van der Waals surface area contributed by atoms with Crippen molar-refractivity contribution in [3.05, 3.63) is 29.3 Å². The van der Waals surface area contributed by atoms with Gasteiger partial charge in [0.1, 0.15) is 11.8 Å². The van der Waals surface area contributed by atoms with Crippen LogP contribution in [0.5, 0.6) is 5.75 Å². The van der Waals surface area contributed by atoms with Crippen molar-refractivity contribution in [1.82, 2.24) is 4.90 Å². The highest BCUT2D eigenvalue weighted by molar-refractivity contribution is 5.88. The third-order valence-corrected chi connectivity index (χ3v) is 4.70. The fourth-order valence-corrected chi connectivity index (χ4v) is 3.64. The maximum absolute atomic E-state index is 12.3. The summed E-state index contributed by atoms with van der Waals surface area (Å²) in [4.78, 5) is 26.1. The molecule has 0 N–H and O–H groups in total. The summed E-state index contributed by atoms with van der Waals surface area (Å²) in [6.45, 7) is 0. The summed E-state index contributed by atoms with van der Waals surface area (Å²) in [5, 5.41) is 0. The number of nitrogens with zero attached hydrogens (tertiary/aromatic N) is 1. The number of benzene rings is 1. The summed E-state index contributed by atoms with van der Waals surface area (Å²) in [5.41, 5.74) is 2.34. The van der Waals surface area contributed by atoms with E-state index in [1.807, 2.05) is 18.2 Å².